The van der Waals surface area contributed by atoms with Crippen molar-refractivity contribution in [3.8, 4) is 0 Å². The minimum atomic E-state index is -2.22. The van der Waals surface area contributed by atoms with Crippen LogP contribution < -0.4 is 10.6 Å². The predicted octanol–water partition coefficient (Wildman–Crippen LogP) is 4.83. The van der Waals surface area contributed by atoms with Gasteiger partial charge in [0.1, 0.15) is 23.2 Å². The first-order valence-electron chi connectivity index (χ1n) is 15.5. The Morgan fingerprint density at radius 2 is 1.81 bits per heavy atom. The standard InChI is InChI=1S/C31H53N3O7Si/c1-10-39-27(37)31-19-21(31)16-14-12-11-13-15-17-23(32-28(38)40-29(2,3)4)26(36)34-20-22(18-24(34)25(35)33-31)41-42(8,9)30(5,6)7/h14,16,21-24H,10-13,15,17-20H2,1-9H3,(H,32,38)(H,33,35)/t21?,22-,23+,24+,31-/m1/s1. The zero-order chi connectivity index (χ0) is 31.5. The lowest BCUT2D eigenvalue weighted by Crippen LogP contribution is -2.56. The molecule has 42 heavy (non-hydrogen) atoms. The first-order valence-corrected chi connectivity index (χ1v) is 18.4. The quantitative estimate of drug-likeness (QED) is 0.261. The molecule has 0 aromatic carbocycles. The van der Waals surface area contributed by atoms with Crippen LogP contribution in [0.5, 0.6) is 0 Å². The molecule has 238 valence electrons. The molecule has 3 rings (SSSR count). The van der Waals surface area contributed by atoms with Gasteiger partial charge in [0.25, 0.3) is 0 Å². The molecule has 1 saturated heterocycles. The summed E-state index contributed by atoms with van der Waals surface area (Å²) in [7, 11) is -2.22. The predicted molar refractivity (Wildman–Crippen MR) is 163 cm³/mol. The van der Waals surface area contributed by atoms with Crippen LogP contribution >= 0.6 is 0 Å². The van der Waals surface area contributed by atoms with Gasteiger partial charge in [-0.15, -0.1) is 0 Å². The molecule has 0 aromatic heterocycles. The largest absolute Gasteiger partial charge is 0.464 e. The number of fused-ring (bicyclic) bond motifs is 2. The molecular weight excluding hydrogens is 554 g/mol. The van der Waals surface area contributed by atoms with Gasteiger partial charge < -0.3 is 29.4 Å². The van der Waals surface area contributed by atoms with Crippen LogP contribution in [0.4, 0.5) is 4.79 Å². The molecule has 11 heteroatoms. The lowest BCUT2D eigenvalue weighted by molar-refractivity contribution is -0.150. The van der Waals surface area contributed by atoms with E-state index in [1.54, 1.807) is 32.6 Å². The van der Waals surface area contributed by atoms with Crippen molar-refractivity contribution in [3.63, 3.8) is 0 Å². The molecule has 3 amide bonds. The number of hydrogen-bond acceptors (Lipinski definition) is 7. The molecule has 0 aromatic rings. The van der Waals surface area contributed by atoms with Gasteiger partial charge in [-0.05, 0) is 71.5 Å². The zero-order valence-electron chi connectivity index (χ0n) is 27.1. The second-order valence-corrected chi connectivity index (χ2v) is 19.3. The third-order valence-electron chi connectivity index (χ3n) is 8.84. The van der Waals surface area contributed by atoms with Gasteiger partial charge in [-0.25, -0.2) is 9.59 Å². The number of nitrogens with one attached hydrogen (secondary N) is 2. The first kappa shape index (κ1) is 34.1. The van der Waals surface area contributed by atoms with Gasteiger partial charge in [0.05, 0.1) is 12.7 Å². The van der Waals surface area contributed by atoms with Crippen molar-refractivity contribution < 1.29 is 33.1 Å². The Morgan fingerprint density at radius 3 is 2.43 bits per heavy atom. The zero-order valence-corrected chi connectivity index (χ0v) is 28.1. The van der Waals surface area contributed by atoms with E-state index in [1.165, 1.54) is 0 Å². The number of allylic oxidation sites excluding steroid dienone is 1. The van der Waals surface area contributed by atoms with Gasteiger partial charge in [0.15, 0.2) is 8.32 Å². The highest BCUT2D eigenvalue weighted by molar-refractivity contribution is 6.74. The molecule has 2 aliphatic heterocycles. The van der Waals surface area contributed by atoms with E-state index in [2.05, 4.69) is 50.6 Å². The lowest BCUT2D eigenvalue weighted by atomic mass is 10.0. The van der Waals surface area contributed by atoms with Gasteiger partial charge in [-0.1, -0.05) is 45.8 Å². The van der Waals surface area contributed by atoms with Crippen LogP contribution in [-0.2, 0) is 28.3 Å². The van der Waals surface area contributed by atoms with Crippen molar-refractivity contribution in [1.29, 1.82) is 0 Å². The van der Waals surface area contributed by atoms with E-state index in [9.17, 15) is 19.2 Å². The van der Waals surface area contributed by atoms with Crippen LogP contribution in [0, 0.1) is 5.92 Å². The van der Waals surface area contributed by atoms with E-state index in [1.807, 2.05) is 6.08 Å². The van der Waals surface area contributed by atoms with Crippen LogP contribution in [0.1, 0.15) is 93.4 Å². The van der Waals surface area contributed by atoms with Crippen molar-refractivity contribution in [2.75, 3.05) is 13.2 Å². The molecule has 0 bridgehead atoms. The molecule has 1 aliphatic carbocycles. The van der Waals surface area contributed by atoms with Crippen LogP contribution in [-0.4, -0.2) is 79.6 Å². The van der Waals surface area contributed by atoms with E-state index in [4.69, 9.17) is 13.9 Å². The third-order valence-corrected chi connectivity index (χ3v) is 13.4. The first-order chi connectivity index (χ1) is 19.4. The van der Waals surface area contributed by atoms with Gasteiger partial charge >= 0.3 is 12.1 Å². The van der Waals surface area contributed by atoms with E-state index in [0.717, 1.165) is 25.7 Å². The second-order valence-electron chi connectivity index (χ2n) is 14.5. The van der Waals surface area contributed by atoms with Crippen molar-refractivity contribution in [2.45, 2.75) is 141 Å². The number of hydrogen-bond donors (Lipinski definition) is 2. The summed E-state index contributed by atoms with van der Waals surface area (Å²) in [5.41, 5.74) is -1.86. The van der Waals surface area contributed by atoms with Gasteiger partial charge in [0.2, 0.25) is 11.8 Å². The Hall–Kier alpha value is -2.40. The van der Waals surface area contributed by atoms with Crippen LogP contribution in [0.2, 0.25) is 18.1 Å². The van der Waals surface area contributed by atoms with E-state index in [-0.39, 0.29) is 36.1 Å². The number of rotatable bonds is 5. The number of esters is 1. The second kappa shape index (κ2) is 13.1. The normalized spacial score (nSPS) is 29.4. The summed E-state index contributed by atoms with van der Waals surface area (Å²) >= 11 is 0. The molecule has 1 saturated carbocycles. The van der Waals surface area contributed by atoms with Crippen LogP contribution in [0.15, 0.2) is 12.2 Å². The maximum absolute atomic E-state index is 14.2. The fourth-order valence-electron chi connectivity index (χ4n) is 5.44. The highest BCUT2D eigenvalue weighted by atomic mass is 28.4. The summed E-state index contributed by atoms with van der Waals surface area (Å²) in [6.45, 7) is 18.2. The Labute approximate surface area is 252 Å². The summed E-state index contributed by atoms with van der Waals surface area (Å²) in [6.07, 6.45) is 7.57. The maximum Gasteiger partial charge on any atom is 0.408 e. The molecule has 2 N–H and O–H groups in total. The number of alkyl carbamates (subject to hydrolysis) is 1. The average Bonchev–Trinajstić information content (AvgIpc) is 3.38. The molecule has 5 atom stereocenters. The van der Waals surface area contributed by atoms with Crippen molar-refractivity contribution in [3.05, 3.63) is 12.2 Å². The van der Waals surface area contributed by atoms with Gasteiger partial charge in [-0.2, -0.15) is 0 Å². The van der Waals surface area contributed by atoms with E-state index < -0.39 is 49.5 Å². The highest BCUT2D eigenvalue weighted by Crippen LogP contribution is 2.46. The number of amides is 3. The minimum Gasteiger partial charge on any atom is -0.464 e. The summed E-state index contributed by atoms with van der Waals surface area (Å²) in [5, 5.41) is 5.73. The topological polar surface area (TPSA) is 123 Å². The number of nitrogens with zero attached hydrogens (tertiary/aromatic N) is 1. The Balaban J connectivity index is 1.95. The number of carbonyl (C=O) groups is 4. The summed E-state index contributed by atoms with van der Waals surface area (Å²) in [4.78, 5) is 55.5. The van der Waals surface area contributed by atoms with Crippen molar-refractivity contribution in [1.82, 2.24) is 15.5 Å². The molecule has 0 radical (unpaired) electrons. The number of carbonyl (C=O) groups excluding carboxylic acids is 4. The third kappa shape index (κ3) is 8.36. The summed E-state index contributed by atoms with van der Waals surface area (Å²) < 4.78 is 17.5. The molecule has 0 spiro atoms. The summed E-state index contributed by atoms with van der Waals surface area (Å²) in [5.74, 6) is -1.35. The minimum absolute atomic E-state index is 0.0573. The van der Waals surface area contributed by atoms with Gasteiger partial charge in [-0.3, -0.25) is 9.59 Å². The fraction of sp³-hybridized carbons (Fsp3) is 0.806. The fourth-order valence-corrected chi connectivity index (χ4v) is 6.79. The average molecular weight is 608 g/mol. The molecule has 3 aliphatic rings. The smallest absolute Gasteiger partial charge is 0.408 e. The molecule has 10 nitrogen and oxygen atoms in total. The van der Waals surface area contributed by atoms with Crippen molar-refractivity contribution in [2.24, 2.45) is 5.92 Å². The molecule has 2 heterocycles. The summed E-state index contributed by atoms with van der Waals surface area (Å²) in [6, 6.07) is -1.70. The van der Waals surface area contributed by atoms with E-state index in [0.29, 0.717) is 19.3 Å². The highest BCUT2D eigenvalue weighted by Gasteiger charge is 2.62. The lowest BCUT2D eigenvalue weighted by Gasteiger charge is -2.38. The molecule has 2 fully saturated rings. The Morgan fingerprint density at radius 1 is 1.12 bits per heavy atom. The molecular formula is C31H53N3O7Si. The monoisotopic (exact) mass is 607 g/mol. The SMILES string of the molecule is CCOC(=O)[C@@]12CC1C=CCCCCC[C@H](NC(=O)OC(C)(C)C)C(=O)N1C[C@H](O[Si](C)(C)C(C)(C)C)C[C@H]1C(=O)N2. The number of ether oxygens (including phenoxy) is 2. The van der Waals surface area contributed by atoms with E-state index >= 15 is 0 Å². The van der Waals surface area contributed by atoms with Crippen LogP contribution in [0.25, 0.3) is 0 Å². The Kier molecular flexibility index (Phi) is 10.6. The van der Waals surface area contributed by atoms with Gasteiger partial charge in [0, 0.05) is 18.9 Å². The molecule has 1 unspecified atom stereocenters. The van der Waals surface area contributed by atoms with Crippen molar-refractivity contribution >= 4 is 32.2 Å². The maximum atomic E-state index is 14.2. The Bertz CT molecular complexity index is 1050. The van der Waals surface area contributed by atoms with Crippen LogP contribution in [0.3, 0.4) is 0 Å².